The summed E-state index contributed by atoms with van der Waals surface area (Å²) in [6.45, 7) is 3.53. The molecule has 114 valence electrons. The first-order valence-corrected chi connectivity index (χ1v) is 9.18. The molecule has 0 aliphatic heterocycles. The number of aryl methyl sites for hydroxylation is 2. The van der Waals surface area contributed by atoms with Gasteiger partial charge < -0.3 is 0 Å². The average molecular weight is 317 g/mol. The van der Waals surface area contributed by atoms with Crippen LogP contribution in [0.25, 0.3) is 0 Å². The van der Waals surface area contributed by atoms with E-state index in [1.165, 1.54) is 24.3 Å². The molecule has 0 bridgehead atoms. The van der Waals surface area contributed by atoms with E-state index in [0.29, 0.717) is 5.69 Å². The van der Waals surface area contributed by atoms with Crippen molar-refractivity contribution in [2.24, 2.45) is 0 Å². The van der Waals surface area contributed by atoms with Crippen molar-refractivity contribution >= 4 is 23.1 Å². The third-order valence-electron chi connectivity index (χ3n) is 3.96. The van der Waals surface area contributed by atoms with Gasteiger partial charge in [-0.2, -0.15) is 0 Å². The molecule has 0 unspecified atom stereocenters. The van der Waals surface area contributed by atoms with Gasteiger partial charge in [-0.05, 0) is 0 Å². The Morgan fingerprint density at radius 1 is 0.773 bits per heavy atom. The Morgan fingerprint density at radius 3 is 1.59 bits per heavy atom. The maximum absolute atomic E-state index is 16.4. The Morgan fingerprint density at radius 2 is 1.23 bits per heavy atom. The van der Waals surface area contributed by atoms with Crippen LogP contribution in [0.3, 0.4) is 0 Å². The molecular weight excluding hydrogens is 299 g/mol. The van der Waals surface area contributed by atoms with E-state index >= 15 is 8.39 Å². The number of nitrogens with one attached hydrogen (secondary N) is 1. The number of rotatable bonds is 3. The summed E-state index contributed by atoms with van der Waals surface area (Å²) in [7, 11) is -5.43. The fourth-order valence-corrected chi connectivity index (χ4v) is 6.23. The zero-order valence-corrected chi connectivity index (χ0v) is 13.4. The summed E-state index contributed by atoms with van der Waals surface area (Å²) >= 11 is 0. The molecule has 0 aliphatic rings. The van der Waals surface area contributed by atoms with Crippen LogP contribution in [0.4, 0.5) is 8.39 Å². The summed E-state index contributed by atoms with van der Waals surface area (Å²) in [5, 5.41) is 0.324. The summed E-state index contributed by atoms with van der Waals surface area (Å²) in [4.78, 5) is 3.03. The molecule has 0 radical (unpaired) electrons. The van der Waals surface area contributed by atoms with Crippen LogP contribution >= 0.6 is 7.22 Å². The number of hydrogen-bond donors (Lipinski definition) is 1. The van der Waals surface area contributed by atoms with Crippen molar-refractivity contribution in [3.05, 3.63) is 78.1 Å². The molecule has 1 nitrogen and oxygen atoms in total. The van der Waals surface area contributed by atoms with Crippen molar-refractivity contribution in [2.45, 2.75) is 13.8 Å². The van der Waals surface area contributed by atoms with Crippen LogP contribution in [0.1, 0.15) is 11.4 Å². The van der Waals surface area contributed by atoms with Crippen molar-refractivity contribution in [3.8, 4) is 0 Å². The summed E-state index contributed by atoms with van der Waals surface area (Å²) in [5.74, 6) is 0. The molecule has 1 aromatic heterocycles. The number of aromatic amines is 1. The molecule has 3 aromatic rings. The summed E-state index contributed by atoms with van der Waals surface area (Å²) in [5.41, 5.74) is 1.29. The molecule has 0 atom stereocenters. The minimum absolute atomic E-state index is 0.0989. The van der Waals surface area contributed by atoms with E-state index in [-0.39, 0.29) is 15.9 Å². The molecule has 0 amide bonds. The van der Waals surface area contributed by atoms with Gasteiger partial charge in [-0.25, -0.2) is 0 Å². The number of benzene rings is 2. The molecule has 22 heavy (non-hydrogen) atoms. The Kier molecular flexibility index (Phi) is 3.41. The second kappa shape index (κ2) is 5.03. The quantitative estimate of drug-likeness (QED) is 0.696. The molecule has 0 saturated carbocycles. The fraction of sp³-hybridized carbons (Fsp3) is 0.111. The van der Waals surface area contributed by atoms with Crippen LogP contribution in [0.5, 0.6) is 0 Å². The van der Waals surface area contributed by atoms with Gasteiger partial charge in [-0.1, -0.05) is 0 Å². The SMILES string of the molecule is Cc1cc(P(F)(F)(c2ccccc2)c2ccccc2)c(C)[nH]1. The van der Waals surface area contributed by atoms with Crippen molar-refractivity contribution < 1.29 is 8.39 Å². The van der Waals surface area contributed by atoms with Gasteiger partial charge in [0, 0.05) is 0 Å². The van der Waals surface area contributed by atoms with E-state index in [2.05, 4.69) is 4.98 Å². The third kappa shape index (κ3) is 2.08. The Bertz CT molecular complexity index is 751. The molecule has 0 spiro atoms. The van der Waals surface area contributed by atoms with Gasteiger partial charge in [-0.3, -0.25) is 0 Å². The first-order valence-electron chi connectivity index (χ1n) is 7.16. The predicted octanol–water partition coefficient (Wildman–Crippen LogP) is 4.23. The van der Waals surface area contributed by atoms with Gasteiger partial charge in [-0.15, -0.1) is 0 Å². The van der Waals surface area contributed by atoms with E-state index in [9.17, 15) is 0 Å². The normalized spacial score (nSPS) is 13.5. The maximum atomic E-state index is 16.4. The van der Waals surface area contributed by atoms with Gasteiger partial charge in [0.15, 0.2) is 0 Å². The molecule has 0 saturated heterocycles. The minimum atomic E-state index is -5.43. The monoisotopic (exact) mass is 317 g/mol. The number of H-pyrrole nitrogens is 1. The summed E-state index contributed by atoms with van der Waals surface area (Å²) in [6.07, 6.45) is 0. The van der Waals surface area contributed by atoms with Crippen molar-refractivity contribution in [1.82, 2.24) is 4.98 Å². The van der Waals surface area contributed by atoms with Gasteiger partial charge in [0.05, 0.1) is 0 Å². The second-order valence-electron chi connectivity index (χ2n) is 5.54. The zero-order chi connectivity index (χ0) is 15.8. The molecule has 0 aliphatic carbocycles. The first-order chi connectivity index (χ1) is 10.4. The molecule has 4 heteroatoms. The topological polar surface area (TPSA) is 15.8 Å². The fourth-order valence-electron chi connectivity index (χ4n) is 2.92. The summed E-state index contributed by atoms with van der Waals surface area (Å²) in [6, 6.07) is 18.0. The summed E-state index contributed by atoms with van der Waals surface area (Å²) < 4.78 is 32.8. The number of hydrogen-bond acceptors (Lipinski definition) is 0. The zero-order valence-electron chi connectivity index (χ0n) is 12.6. The number of aromatic nitrogens is 1. The van der Waals surface area contributed by atoms with Crippen molar-refractivity contribution in [3.63, 3.8) is 0 Å². The molecule has 1 heterocycles. The van der Waals surface area contributed by atoms with Crippen molar-refractivity contribution in [2.75, 3.05) is 0 Å². The third-order valence-corrected chi connectivity index (χ3v) is 7.68. The van der Waals surface area contributed by atoms with E-state index in [4.69, 9.17) is 0 Å². The van der Waals surface area contributed by atoms with E-state index in [0.717, 1.165) is 5.69 Å². The van der Waals surface area contributed by atoms with Crippen molar-refractivity contribution in [1.29, 1.82) is 0 Å². The predicted molar refractivity (Wildman–Crippen MR) is 91.2 cm³/mol. The Balaban J connectivity index is 2.40. The van der Waals surface area contributed by atoms with Gasteiger partial charge in [0.25, 0.3) is 0 Å². The second-order valence-corrected chi connectivity index (χ2v) is 8.87. The van der Waals surface area contributed by atoms with Crippen LogP contribution in [0.2, 0.25) is 0 Å². The number of halogens is 2. The molecule has 0 fully saturated rings. The molecule has 3 rings (SSSR count). The van der Waals surface area contributed by atoms with E-state index in [1.807, 2.05) is 6.92 Å². The average Bonchev–Trinajstić information content (AvgIpc) is 2.89. The Labute approximate surface area is 129 Å². The molecule has 2 aromatic carbocycles. The van der Waals surface area contributed by atoms with E-state index in [1.54, 1.807) is 49.4 Å². The Hall–Kier alpha value is -1.99. The van der Waals surface area contributed by atoms with Crippen LogP contribution in [0, 0.1) is 13.8 Å². The molecule has 1 N–H and O–H groups in total. The van der Waals surface area contributed by atoms with Crippen LogP contribution in [-0.4, -0.2) is 4.98 Å². The van der Waals surface area contributed by atoms with E-state index < -0.39 is 7.22 Å². The molecular formula is C18H18F2NP. The van der Waals surface area contributed by atoms with Crippen LogP contribution in [-0.2, 0) is 0 Å². The first kappa shape index (κ1) is 14.9. The standard InChI is InChI=1S/C18H18F2NP/c1-14-13-18(15(2)21-14)22(19,20,16-9-5-3-6-10-16)17-11-7-4-8-12-17/h3-13,21H,1-2H3. The van der Waals surface area contributed by atoms with Gasteiger partial charge >= 0.3 is 128 Å². The van der Waals surface area contributed by atoms with Crippen LogP contribution < -0.4 is 15.9 Å². The van der Waals surface area contributed by atoms with Gasteiger partial charge in [0.1, 0.15) is 0 Å². The van der Waals surface area contributed by atoms with Gasteiger partial charge in [0.2, 0.25) is 0 Å². The van der Waals surface area contributed by atoms with Crippen LogP contribution in [0.15, 0.2) is 66.7 Å².